The van der Waals surface area contributed by atoms with Gasteiger partial charge in [-0.1, -0.05) is 40.9 Å². The molecule has 1 aliphatic heterocycles. The van der Waals surface area contributed by atoms with Gasteiger partial charge in [-0.3, -0.25) is 14.6 Å². The van der Waals surface area contributed by atoms with Crippen LogP contribution in [0.3, 0.4) is 0 Å². The fourth-order valence-electron chi connectivity index (χ4n) is 3.51. The molecule has 0 saturated carbocycles. The second-order valence-electron chi connectivity index (χ2n) is 7.50. The van der Waals surface area contributed by atoms with Crippen molar-refractivity contribution in [1.82, 2.24) is 14.8 Å². The molecular formula is C22H20Cl3FN4OS. The Kier molecular flexibility index (Phi) is 7.66. The summed E-state index contributed by atoms with van der Waals surface area (Å²) in [5, 5.41) is 6.76. The lowest BCUT2D eigenvalue weighted by Crippen LogP contribution is -2.48. The zero-order valence-corrected chi connectivity index (χ0v) is 20.0. The van der Waals surface area contributed by atoms with E-state index in [9.17, 15) is 9.18 Å². The van der Waals surface area contributed by atoms with Gasteiger partial charge in [0.05, 0.1) is 17.3 Å². The van der Waals surface area contributed by atoms with Gasteiger partial charge in [0.25, 0.3) is 0 Å². The summed E-state index contributed by atoms with van der Waals surface area (Å²) in [5.41, 5.74) is 2.37. The predicted octanol–water partition coefficient (Wildman–Crippen LogP) is 5.67. The number of amides is 1. The van der Waals surface area contributed by atoms with Gasteiger partial charge in [-0.25, -0.2) is 9.37 Å². The van der Waals surface area contributed by atoms with Gasteiger partial charge in [0.15, 0.2) is 5.13 Å². The van der Waals surface area contributed by atoms with Crippen molar-refractivity contribution in [3.8, 4) is 11.3 Å². The van der Waals surface area contributed by atoms with Crippen LogP contribution in [0.1, 0.15) is 5.56 Å². The number of rotatable bonds is 6. The molecule has 168 valence electrons. The Morgan fingerprint density at radius 2 is 1.78 bits per heavy atom. The lowest BCUT2D eigenvalue weighted by atomic mass is 10.2. The van der Waals surface area contributed by atoms with Crippen LogP contribution in [0, 0.1) is 5.82 Å². The number of nitrogens with zero attached hydrogens (tertiary/aromatic N) is 3. The molecule has 1 aliphatic rings. The number of carbonyl (C=O) groups excluding carboxylic acids is 1. The van der Waals surface area contributed by atoms with E-state index in [2.05, 4.69) is 20.1 Å². The first-order valence-corrected chi connectivity index (χ1v) is 12.0. The quantitative estimate of drug-likeness (QED) is 0.462. The highest BCUT2D eigenvalue weighted by atomic mass is 35.5. The number of carbonyl (C=O) groups is 1. The summed E-state index contributed by atoms with van der Waals surface area (Å²) >= 11 is 19.7. The monoisotopic (exact) mass is 512 g/mol. The molecule has 4 rings (SSSR count). The highest BCUT2D eigenvalue weighted by Gasteiger charge is 2.20. The van der Waals surface area contributed by atoms with E-state index in [0.29, 0.717) is 39.0 Å². The summed E-state index contributed by atoms with van der Waals surface area (Å²) in [6.07, 6.45) is 0. The molecule has 1 saturated heterocycles. The van der Waals surface area contributed by atoms with Crippen molar-refractivity contribution in [2.24, 2.45) is 0 Å². The predicted molar refractivity (Wildman–Crippen MR) is 129 cm³/mol. The van der Waals surface area contributed by atoms with E-state index in [4.69, 9.17) is 34.8 Å². The molecule has 32 heavy (non-hydrogen) atoms. The molecule has 1 N–H and O–H groups in total. The van der Waals surface area contributed by atoms with Gasteiger partial charge < -0.3 is 5.32 Å². The number of benzene rings is 2. The summed E-state index contributed by atoms with van der Waals surface area (Å²) in [6.45, 7) is 4.08. The SMILES string of the molecule is O=C(CN1CCN(Cc2ccc(F)cc2Cl)CC1)Nc1nc(-c2ccc(Cl)cc2Cl)cs1. The maximum absolute atomic E-state index is 13.2. The number of anilines is 1. The minimum absolute atomic E-state index is 0.108. The molecule has 0 unspecified atom stereocenters. The molecular weight excluding hydrogens is 494 g/mol. The van der Waals surface area contributed by atoms with Crippen LogP contribution >= 0.6 is 46.1 Å². The van der Waals surface area contributed by atoms with Gasteiger partial charge >= 0.3 is 0 Å². The van der Waals surface area contributed by atoms with E-state index >= 15 is 0 Å². The van der Waals surface area contributed by atoms with Crippen LogP contribution in [-0.4, -0.2) is 53.4 Å². The molecule has 0 aliphatic carbocycles. The molecule has 0 atom stereocenters. The van der Waals surface area contributed by atoms with E-state index in [1.807, 2.05) is 11.4 Å². The van der Waals surface area contributed by atoms with Crippen LogP contribution in [0.15, 0.2) is 41.8 Å². The normalized spacial score (nSPS) is 15.1. The Labute approximate surface area is 204 Å². The number of piperazine rings is 1. The number of hydrogen-bond acceptors (Lipinski definition) is 5. The van der Waals surface area contributed by atoms with Crippen LogP contribution in [0.25, 0.3) is 11.3 Å². The van der Waals surface area contributed by atoms with Crippen molar-refractivity contribution < 1.29 is 9.18 Å². The topological polar surface area (TPSA) is 48.5 Å². The number of hydrogen-bond donors (Lipinski definition) is 1. The molecule has 0 bridgehead atoms. The van der Waals surface area contributed by atoms with Crippen LogP contribution in [0.2, 0.25) is 15.1 Å². The maximum Gasteiger partial charge on any atom is 0.240 e. The fraction of sp³-hybridized carbons (Fsp3) is 0.273. The van der Waals surface area contributed by atoms with Crippen LogP contribution in [-0.2, 0) is 11.3 Å². The maximum atomic E-state index is 13.2. The molecule has 1 fully saturated rings. The Morgan fingerprint density at radius 1 is 1.03 bits per heavy atom. The Bertz CT molecular complexity index is 1120. The van der Waals surface area contributed by atoms with Crippen molar-refractivity contribution in [3.05, 3.63) is 68.2 Å². The van der Waals surface area contributed by atoms with Gasteiger partial charge in [-0.15, -0.1) is 11.3 Å². The molecule has 5 nitrogen and oxygen atoms in total. The first kappa shape index (κ1) is 23.4. The van der Waals surface area contributed by atoms with Gasteiger partial charge in [0, 0.05) is 53.7 Å². The first-order valence-electron chi connectivity index (χ1n) is 9.97. The van der Waals surface area contributed by atoms with Gasteiger partial charge in [-0.2, -0.15) is 0 Å². The molecule has 0 radical (unpaired) electrons. The zero-order valence-electron chi connectivity index (χ0n) is 17.0. The largest absolute Gasteiger partial charge is 0.301 e. The molecule has 10 heteroatoms. The van der Waals surface area contributed by atoms with Crippen molar-refractivity contribution in [2.75, 3.05) is 38.0 Å². The zero-order chi connectivity index (χ0) is 22.7. The Hall–Kier alpha value is -1.74. The average Bonchev–Trinajstić information content (AvgIpc) is 3.19. The first-order chi connectivity index (χ1) is 15.4. The summed E-state index contributed by atoms with van der Waals surface area (Å²) < 4.78 is 13.2. The van der Waals surface area contributed by atoms with Crippen LogP contribution in [0.4, 0.5) is 9.52 Å². The summed E-state index contributed by atoms with van der Waals surface area (Å²) in [4.78, 5) is 21.3. The van der Waals surface area contributed by atoms with Crippen molar-refractivity contribution in [2.45, 2.75) is 6.54 Å². The number of thiazole rings is 1. The number of aromatic nitrogens is 1. The Morgan fingerprint density at radius 3 is 2.50 bits per heavy atom. The van der Waals surface area contributed by atoms with E-state index in [1.165, 1.54) is 23.5 Å². The smallest absolute Gasteiger partial charge is 0.240 e. The van der Waals surface area contributed by atoms with E-state index in [0.717, 1.165) is 37.3 Å². The standard InChI is InChI=1S/C22H20Cl3FN4OS/c23-15-2-4-17(19(25)9-15)20-13-32-22(27-20)28-21(31)12-30-7-5-29(6-8-30)11-14-1-3-16(26)10-18(14)24/h1-4,9-10,13H,5-8,11-12H2,(H,27,28,31). The highest BCUT2D eigenvalue weighted by Crippen LogP contribution is 2.32. The Balaban J connectivity index is 1.26. The minimum Gasteiger partial charge on any atom is -0.301 e. The highest BCUT2D eigenvalue weighted by molar-refractivity contribution is 7.14. The van der Waals surface area contributed by atoms with E-state index < -0.39 is 0 Å². The lowest BCUT2D eigenvalue weighted by Gasteiger charge is -2.34. The fourth-order valence-corrected chi connectivity index (χ4v) is 4.97. The van der Waals surface area contributed by atoms with Gasteiger partial charge in [-0.05, 0) is 35.9 Å². The van der Waals surface area contributed by atoms with Gasteiger partial charge in [0.2, 0.25) is 5.91 Å². The van der Waals surface area contributed by atoms with Crippen LogP contribution < -0.4 is 5.32 Å². The third kappa shape index (κ3) is 5.98. The van der Waals surface area contributed by atoms with Crippen LogP contribution in [0.5, 0.6) is 0 Å². The van der Waals surface area contributed by atoms with E-state index in [1.54, 1.807) is 18.2 Å². The molecule has 1 aromatic heterocycles. The summed E-state index contributed by atoms with van der Waals surface area (Å²) in [5.74, 6) is -0.443. The number of nitrogens with one attached hydrogen (secondary N) is 1. The average molecular weight is 514 g/mol. The molecule has 3 aromatic rings. The van der Waals surface area contributed by atoms with Crippen molar-refractivity contribution >= 4 is 57.2 Å². The molecule has 0 spiro atoms. The van der Waals surface area contributed by atoms with Crippen molar-refractivity contribution in [3.63, 3.8) is 0 Å². The summed E-state index contributed by atoms with van der Waals surface area (Å²) in [7, 11) is 0. The minimum atomic E-state index is -0.335. The second-order valence-corrected chi connectivity index (χ2v) is 9.61. The third-order valence-corrected chi connectivity index (χ3v) is 6.86. The van der Waals surface area contributed by atoms with E-state index in [-0.39, 0.29) is 11.7 Å². The third-order valence-electron chi connectivity index (χ3n) is 5.20. The summed E-state index contributed by atoms with van der Waals surface area (Å²) in [6, 6.07) is 9.71. The van der Waals surface area contributed by atoms with Crippen molar-refractivity contribution in [1.29, 1.82) is 0 Å². The van der Waals surface area contributed by atoms with Gasteiger partial charge in [0.1, 0.15) is 5.82 Å². The molecule has 1 amide bonds. The number of halogens is 4. The molecule has 2 aromatic carbocycles. The second kappa shape index (κ2) is 10.5. The molecule has 2 heterocycles. The lowest BCUT2D eigenvalue weighted by molar-refractivity contribution is -0.117.